The molecule has 0 aliphatic rings. The van der Waals surface area contributed by atoms with Crippen LogP contribution in [0.4, 0.5) is 5.13 Å². The minimum atomic E-state index is -3.93. The van der Waals surface area contributed by atoms with E-state index in [1.165, 1.54) is 7.11 Å². The molecular weight excluding hydrogens is 412 g/mol. The summed E-state index contributed by atoms with van der Waals surface area (Å²) in [6.07, 6.45) is 0. The van der Waals surface area contributed by atoms with E-state index in [1.807, 2.05) is 13.0 Å². The zero-order chi connectivity index (χ0) is 21.0. The Morgan fingerprint density at radius 2 is 1.90 bits per heavy atom. The Bertz CT molecular complexity index is 1130. The van der Waals surface area contributed by atoms with Crippen LogP contribution in [0.3, 0.4) is 0 Å². The average molecular weight is 433 g/mol. The molecule has 1 atom stereocenters. The number of hydrogen-bond acceptors (Lipinski definition) is 7. The first-order chi connectivity index (χ1) is 13.8. The molecule has 0 aliphatic carbocycles. The van der Waals surface area contributed by atoms with Crippen LogP contribution >= 0.6 is 11.3 Å². The zero-order valence-corrected chi connectivity index (χ0v) is 17.7. The third-order valence-electron chi connectivity index (χ3n) is 4.07. The summed E-state index contributed by atoms with van der Waals surface area (Å²) in [4.78, 5) is 12.3. The standard InChI is InChI=1S/C19H20N4O4S2/c1-12-7-6-8-14(11-12)17(24)20-18-21-22-19(28-18)29(25,26)23-13(2)15-9-4-5-10-16(15)27-3/h4-11,13,23H,1-3H3,(H,20,21,24)/t13-/m0/s1. The first kappa shape index (κ1) is 20.9. The van der Waals surface area contributed by atoms with Gasteiger partial charge in [0.05, 0.1) is 7.11 Å². The molecule has 29 heavy (non-hydrogen) atoms. The Kier molecular flexibility index (Phi) is 6.26. The van der Waals surface area contributed by atoms with Gasteiger partial charge >= 0.3 is 0 Å². The lowest BCUT2D eigenvalue weighted by atomic mass is 10.1. The Hall–Kier alpha value is -2.82. The molecule has 2 N–H and O–H groups in total. The third kappa shape index (κ3) is 4.97. The van der Waals surface area contributed by atoms with E-state index in [9.17, 15) is 13.2 Å². The van der Waals surface area contributed by atoms with E-state index in [1.54, 1.807) is 49.4 Å². The van der Waals surface area contributed by atoms with Gasteiger partial charge in [0, 0.05) is 17.2 Å². The smallest absolute Gasteiger partial charge is 0.270 e. The number of sulfonamides is 1. The summed E-state index contributed by atoms with van der Waals surface area (Å²) in [6, 6.07) is 13.6. The summed E-state index contributed by atoms with van der Waals surface area (Å²) in [5.74, 6) is 0.190. The molecule has 1 heterocycles. The number of hydrogen-bond donors (Lipinski definition) is 2. The van der Waals surface area contributed by atoms with Crippen molar-refractivity contribution in [2.75, 3.05) is 12.4 Å². The highest BCUT2D eigenvalue weighted by Crippen LogP contribution is 2.27. The maximum atomic E-state index is 12.7. The number of methoxy groups -OCH3 is 1. The third-order valence-corrected chi connectivity index (χ3v) is 6.82. The van der Waals surface area contributed by atoms with Gasteiger partial charge in [-0.15, -0.1) is 10.2 Å². The van der Waals surface area contributed by atoms with Gasteiger partial charge in [0.25, 0.3) is 15.9 Å². The maximum Gasteiger partial charge on any atom is 0.270 e. The van der Waals surface area contributed by atoms with Crippen molar-refractivity contribution >= 4 is 32.4 Å². The van der Waals surface area contributed by atoms with Crippen LogP contribution in [0.5, 0.6) is 5.75 Å². The van der Waals surface area contributed by atoms with Crippen molar-refractivity contribution < 1.29 is 17.9 Å². The largest absolute Gasteiger partial charge is 0.496 e. The van der Waals surface area contributed by atoms with Crippen LogP contribution in [-0.4, -0.2) is 31.6 Å². The lowest BCUT2D eigenvalue weighted by molar-refractivity contribution is 0.102. The molecule has 8 nitrogen and oxygen atoms in total. The Balaban J connectivity index is 1.74. The lowest BCUT2D eigenvalue weighted by Crippen LogP contribution is -2.27. The topological polar surface area (TPSA) is 110 Å². The van der Waals surface area contributed by atoms with Crippen LogP contribution in [0.2, 0.25) is 0 Å². The SMILES string of the molecule is COc1ccccc1[C@H](C)NS(=O)(=O)c1nnc(NC(=O)c2cccc(C)c2)s1. The van der Waals surface area contributed by atoms with E-state index in [4.69, 9.17) is 4.74 Å². The molecular formula is C19H20N4O4S2. The highest BCUT2D eigenvalue weighted by Gasteiger charge is 2.25. The Morgan fingerprint density at radius 3 is 2.62 bits per heavy atom. The van der Waals surface area contributed by atoms with Gasteiger partial charge in [0.15, 0.2) is 0 Å². The number of carbonyl (C=O) groups is 1. The number of nitrogens with one attached hydrogen (secondary N) is 2. The normalized spacial score (nSPS) is 12.4. The van der Waals surface area contributed by atoms with E-state index in [0.29, 0.717) is 16.9 Å². The fraction of sp³-hybridized carbons (Fsp3) is 0.211. The molecule has 0 saturated carbocycles. The number of benzene rings is 2. The molecule has 0 fully saturated rings. The van der Waals surface area contributed by atoms with Crippen LogP contribution in [0.15, 0.2) is 52.9 Å². The fourth-order valence-electron chi connectivity index (χ4n) is 2.70. The summed E-state index contributed by atoms with van der Waals surface area (Å²) in [5.41, 5.74) is 2.08. The van der Waals surface area contributed by atoms with Gasteiger partial charge in [0.1, 0.15) is 5.75 Å². The highest BCUT2D eigenvalue weighted by molar-refractivity contribution is 7.91. The molecule has 1 aromatic heterocycles. The van der Waals surface area contributed by atoms with Crippen LogP contribution in [0, 0.1) is 6.92 Å². The number of amides is 1. The Morgan fingerprint density at radius 1 is 1.14 bits per heavy atom. The summed E-state index contributed by atoms with van der Waals surface area (Å²) in [5, 5.41) is 10.2. The van der Waals surface area contributed by atoms with Crippen molar-refractivity contribution in [3.8, 4) is 5.75 Å². The van der Waals surface area contributed by atoms with Crippen molar-refractivity contribution in [3.63, 3.8) is 0 Å². The predicted molar refractivity (Wildman–Crippen MR) is 111 cm³/mol. The van der Waals surface area contributed by atoms with E-state index < -0.39 is 16.1 Å². The van der Waals surface area contributed by atoms with Crippen LogP contribution in [0.25, 0.3) is 0 Å². The molecule has 3 aromatic rings. The maximum absolute atomic E-state index is 12.7. The Labute approximate surface area is 173 Å². The number of para-hydroxylation sites is 1. The van der Waals surface area contributed by atoms with Crippen molar-refractivity contribution in [3.05, 3.63) is 65.2 Å². The second kappa shape index (κ2) is 8.68. The van der Waals surface area contributed by atoms with Crippen molar-refractivity contribution in [1.29, 1.82) is 0 Å². The fourth-order valence-corrected chi connectivity index (χ4v) is 4.83. The van der Waals surface area contributed by atoms with Crippen LogP contribution in [-0.2, 0) is 10.0 Å². The predicted octanol–water partition coefficient (Wildman–Crippen LogP) is 3.15. The number of nitrogens with zero attached hydrogens (tertiary/aromatic N) is 2. The summed E-state index contributed by atoms with van der Waals surface area (Å²) < 4.78 is 32.9. The lowest BCUT2D eigenvalue weighted by Gasteiger charge is -2.16. The number of anilines is 1. The molecule has 2 aromatic carbocycles. The van der Waals surface area contributed by atoms with Gasteiger partial charge in [0.2, 0.25) is 9.47 Å². The van der Waals surface area contributed by atoms with Crippen molar-refractivity contribution in [2.24, 2.45) is 0 Å². The molecule has 3 rings (SSSR count). The van der Waals surface area contributed by atoms with Gasteiger partial charge in [-0.05, 0) is 32.0 Å². The molecule has 0 radical (unpaired) electrons. The van der Waals surface area contributed by atoms with Crippen molar-refractivity contribution in [1.82, 2.24) is 14.9 Å². The van der Waals surface area contributed by atoms with Crippen LogP contribution < -0.4 is 14.8 Å². The van der Waals surface area contributed by atoms with E-state index in [-0.39, 0.29) is 15.4 Å². The monoisotopic (exact) mass is 432 g/mol. The highest BCUT2D eigenvalue weighted by atomic mass is 32.2. The quantitative estimate of drug-likeness (QED) is 0.555. The first-order valence-corrected chi connectivity index (χ1v) is 11.0. The minimum Gasteiger partial charge on any atom is -0.496 e. The molecule has 0 bridgehead atoms. The van der Waals surface area contributed by atoms with Gasteiger partial charge in [-0.25, -0.2) is 13.1 Å². The van der Waals surface area contributed by atoms with E-state index >= 15 is 0 Å². The number of ether oxygens (including phenoxy) is 1. The minimum absolute atomic E-state index is 0.0989. The summed E-state index contributed by atoms with van der Waals surface area (Å²) in [7, 11) is -2.41. The first-order valence-electron chi connectivity index (χ1n) is 8.67. The van der Waals surface area contributed by atoms with Crippen LogP contribution in [0.1, 0.15) is 34.5 Å². The molecule has 10 heteroatoms. The summed E-state index contributed by atoms with van der Waals surface area (Å²) in [6.45, 7) is 3.58. The average Bonchev–Trinajstić information content (AvgIpc) is 3.17. The number of aryl methyl sites for hydroxylation is 1. The number of rotatable bonds is 7. The second-order valence-electron chi connectivity index (χ2n) is 6.28. The molecule has 1 amide bonds. The molecule has 0 aliphatic heterocycles. The van der Waals surface area contributed by atoms with Gasteiger partial charge in [-0.2, -0.15) is 0 Å². The van der Waals surface area contributed by atoms with E-state index in [0.717, 1.165) is 16.9 Å². The second-order valence-corrected chi connectivity index (χ2v) is 9.15. The van der Waals surface area contributed by atoms with Crippen molar-refractivity contribution in [2.45, 2.75) is 24.2 Å². The summed E-state index contributed by atoms with van der Waals surface area (Å²) >= 11 is 0.778. The molecule has 0 spiro atoms. The number of carbonyl (C=O) groups excluding carboxylic acids is 1. The molecule has 152 valence electrons. The molecule has 0 unspecified atom stereocenters. The number of aromatic nitrogens is 2. The molecule has 0 saturated heterocycles. The van der Waals surface area contributed by atoms with Gasteiger partial charge < -0.3 is 4.74 Å². The van der Waals surface area contributed by atoms with E-state index in [2.05, 4.69) is 20.2 Å². The zero-order valence-electron chi connectivity index (χ0n) is 16.0. The van der Waals surface area contributed by atoms with Gasteiger partial charge in [-0.1, -0.05) is 47.2 Å². The van der Waals surface area contributed by atoms with Gasteiger partial charge in [-0.3, -0.25) is 10.1 Å².